The fraction of sp³-hybridized carbons (Fsp3) is 0.758. The summed E-state index contributed by atoms with van der Waals surface area (Å²) in [7, 11) is 1.27. The van der Waals surface area contributed by atoms with Crippen molar-refractivity contribution in [3.8, 4) is 0 Å². The number of carbonyl (C=O) groups excluding carboxylic acids is 6. The van der Waals surface area contributed by atoms with Gasteiger partial charge in [-0.3, -0.25) is 28.8 Å². The van der Waals surface area contributed by atoms with Crippen molar-refractivity contribution in [2.75, 3.05) is 7.11 Å². The number of rotatable bonds is 7. The van der Waals surface area contributed by atoms with E-state index in [0.29, 0.717) is 12.8 Å². The van der Waals surface area contributed by atoms with E-state index in [4.69, 9.17) is 9.47 Å². The second kappa shape index (κ2) is 10.5. The van der Waals surface area contributed by atoms with Crippen molar-refractivity contribution in [3.05, 3.63) is 11.1 Å². The van der Waals surface area contributed by atoms with Crippen LogP contribution in [-0.2, 0) is 38.2 Å². The molecule has 0 heterocycles. The van der Waals surface area contributed by atoms with Gasteiger partial charge in [0.25, 0.3) is 0 Å². The molecule has 4 rings (SSSR count). The number of aliphatic hydroxyl groups excluding tert-OH is 1. The van der Waals surface area contributed by atoms with Crippen LogP contribution in [0, 0.1) is 45.3 Å². The molecular weight excluding hydrogens is 540 g/mol. The highest BCUT2D eigenvalue weighted by molar-refractivity contribution is 6.18. The van der Waals surface area contributed by atoms with E-state index < -0.39 is 69.3 Å². The van der Waals surface area contributed by atoms with Crippen LogP contribution in [0.25, 0.3) is 0 Å². The molecule has 232 valence electrons. The van der Waals surface area contributed by atoms with Crippen LogP contribution in [0.1, 0.15) is 93.9 Å². The van der Waals surface area contributed by atoms with E-state index in [0.717, 1.165) is 0 Å². The highest BCUT2D eigenvalue weighted by Gasteiger charge is 2.74. The average molecular weight is 587 g/mol. The van der Waals surface area contributed by atoms with Crippen molar-refractivity contribution < 1.29 is 43.3 Å². The van der Waals surface area contributed by atoms with Crippen molar-refractivity contribution in [2.24, 2.45) is 45.3 Å². The van der Waals surface area contributed by atoms with E-state index in [9.17, 15) is 33.9 Å². The van der Waals surface area contributed by atoms with Crippen LogP contribution in [-0.4, -0.2) is 59.5 Å². The molecule has 42 heavy (non-hydrogen) atoms. The third-order valence-electron chi connectivity index (χ3n) is 12.0. The topological polar surface area (TPSA) is 141 Å². The summed E-state index contributed by atoms with van der Waals surface area (Å²) in [4.78, 5) is 80.4. The Bertz CT molecular complexity index is 1280. The zero-order chi connectivity index (χ0) is 31.7. The van der Waals surface area contributed by atoms with Crippen molar-refractivity contribution in [2.45, 2.75) is 106 Å². The van der Waals surface area contributed by atoms with Gasteiger partial charge in [0.05, 0.1) is 24.5 Å². The molecule has 0 aromatic heterocycles. The van der Waals surface area contributed by atoms with Gasteiger partial charge in [0.1, 0.15) is 11.6 Å². The van der Waals surface area contributed by atoms with Crippen molar-refractivity contribution in [1.82, 2.24) is 0 Å². The Morgan fingerprint density at radius 1 is 0.976 bits per heavy atom. The highest BCUT2D eigenvalue weighted by Crippen LogP contribution is 2.70. The summed E-state index contributed by atoms with van der Waals surface area (Å²) >= 11 is 0. The van der Waals surface area contributed by atoms with E-state index >= 15 is 0 Å². The molecule has 9 heteroatoms. The van der Waals surface area contributed by atoms with Crippen LogP contribution in [0.4, 0.5) is 0 Å². The second-order valence-corrected chi connectivity index (χ2v) is 14.6. The number of esters is 2. The number of allylic oxidation sites excluding steroid dienone is 1. The number of fused-ring (bicyclic) bond motifs is 4. The lowest BCUT2D eigenvalue weighted by molar-refractivity contribution is -0.176. The normalized spacial score (nSPS) is 38.7. The van der Waals surface area contributed by atoms with E-state index in [-0.39, 0.29) is 60.1 Å². The van der Waals surface area contributed by atoms with Crippen LogP contribution in [0.2, 0.25) is 0 Å². The third-order valence-corrected chi connectivity index (χ3v) is 12.0. The van der Waals surface area contributed by atoms with Gasteiger partial charge in [-0.15, -0.1) is 0 Å². The molecule has 2 saturated carbocycles. The Balaban J connectivity index is 1.85. The first-order chi connectivity index (χ1) is 19.3. The molecule has 0 aliphatic heterocycles. The van der Waals surface area contributed by atoms with E-state index in [1.54, 1.807) is 20.8 Å². The number of methoxy groups -OCH3 is 1. The number of carbonyl (C=O) groups is 6. The number of Topliss-reactive ketones (excluding diaryl/α,β-unsaturated/α-hetero) is 4. The molecule has 0 amide bonds. The van der Waals surface area contributed by atoms with Gasteiger partial charge in [-0.2, -0.15) is 0 Å². The maximum Gasteiger partial charge on any atom is 0.308 e. The Morgan fingerprint density at radius 2 is 1.60 bits per heavy atom. The SMILES string of the molecule is COC(=O)[C@H](C)CC(=O)CC(C)[C@H]1CC(=O)[C@@]2(C)C3=C(C(=O)[C@@H](OC(C)=O)[C@]12C)[C@@]1(C)CC[C@H](O)C(C)(C)C1CC3=O. The van der Waals surface area contributed by atoms with Gasteiger partial charge < -0.3 is 14.6 Å². The molecule has 4 aliphatic rings. The third kappa shape index (κ3) is 4.36. The molecule has 0 radical (unpaired) electrons. The van der Waals surface area contributed by atoms with Crippen molar-refractivity contribution >= 4 is 35.1 Å². The zero-order valence-corrected chi connectivity index (χ0v) is 26.4. The largest absolute Gasteiger partial charge is 0.469 e. The second-order valence-electron chi connectivity index (χ2n) is 14.6. The molecule has 9 nitrogen and oxygen atoms in total. The lowest BCUT2D eigenvalue weighted by Gasteiger charge is -2.61. The number of aliphatic hydroxyl groups is 1. The van der Waals surface area contributed by atoms with Crippen molar-refractivity contribution in [1.29, 1.82) is 0 Å². The number of hydrogen-bond acceptors (Lipinski definition) is 9. The summed E-state index contributed by atoms with van der Waals surface area (Å²) < 4.78 is 10.6. The smallest absolute Gasteiger partial charge is 0.308 e. The summed E-state index contributed by atoms with van der Waals surface area (Å²) in [6, 6.07) is 0. The number of ketones is 4. The van der Waals surface area contributed by atoms with Gasteiger partial charge in [0.15, 0.2) is 11.9 Å². The van der Waals surface area contributed by atoms with Crippen LogP contribution >= 0.6 is 0 Å². The number of hydrogen-bond donors (Lipinski definition) is 1. The molecule has 1 N–H and O–H groups in total. The van der Waals surface area contributed by atoms with Gasteiger partial charge in [0, 0.05) is 54.6 Å². The molecule has 9 atom stereocenters. The molecule has 0 saturated heterocycles. The van der Waals surface area contributed by atoms with Gasteiger partial charge in [0.2, 0.25) is 5.78 Å². The quantitative estimate of drug-likeness (QED) is 0.439. The summed E-state index contributed by atoms with van der Waals surface area (Å²) in [5.74, 6) is -4.18. The van der Waals surface area contributed by atoms with E-state index in [1.165, 1.54) is 14.0 Å². The van der Waals surface area contributed by atoms with Crippen LogP contribution < -0.4 is 0 Å². The molecule has 4 aliphatic carbocycles. The average Bonchev–Trinajstić information content (AvgIpc) is 3.11. The monoisotopic (exact) mass is 586 g/mol. The van der Waals surface area contributed by atoms with Gasteiger partial charge in [-0.05, 0) is 42.9 Å². The maximum atomic E-state index is 14.7. The molecule has 0 spiro atoms. The minimum absolute atomic E-state index is 0.0207. The minimum atomic E-state index is -1.41. The first-order valence-electron chi connectivity index (χ1n) is 15.1. The fourth-order valence-corrected chi connectivity index (χ4v) is 9.37. The first kappa shape index (κ1) is 32.2. The molecule has 2 unspecified atom stereocenters. The Kier molecular flexibility index (Phi) is 8.05. The Labute approximate surface area is 248 Å². The summed E-state index contributed by atoms with van der Waals surface area (Å²) in [5, 5.41) is 10.9. The van der Waals surface area contributed by atoms with Gasteiger partial charge in [-0.25, -0.2) is 0 Å². The zero-order valence-electron chi connectivity index (χ0n) is 26.4. The van der Waals surface area contributed by atoms with Crippen LogP contribution in [0.3, 0.4) is 0 Å². The van der Waals surface area contributed by atoms with Crippen LogP contribution in [0.15, 0.2) is 11.1 Å². The predicted molar refractivity (Wildman–Crippen MR) is 152 cm³/mol. The minimum Gasteiger partial charge on any atom is -0.469 e. The highest BCUT2D eigenvalue weighted by atomic mass is 16.5. The molecule has 2 fully saturated rings. The lowest BCUT2D eigenvalue weighted by Crippen LogP contribution is -2.65. The Hall–Kier alpha value is -2.68. The lowest BCUT2D eigenvalue weighted by atomic mass is 9.42. The summed E-state index contributed by atoms with van der Waals surface area (Å²) in [6.07, 6.45) is -0.913. The van der Waals surface area contributed by atoms with Crippen LogP contribution in [0.5, 0.6) is 0 Å². The standard InChI is InChI=1S/C33H46O9/c1-16(12-19(35)13-17(2)29(40)41-9)20-14-24(38)33(8)25-21(36)15-22-30(4,5)23(37)10-11-31(22,6)26(25)27(39)28(32(20,33)7)42-18(3)34/h16-17,20,22-23,28,37H,10-15H2,1-9H3/t16?,17-,20-,22?,23+,28-,31+,32+,33+/m1/s1. The van der Waals surface area contributed by atoms with Crippen molar-refractivity contribution in [3.63, 3.8) is 0 Å². The fourth-order valence-electron chi connectivity index (χ4n) is 9.37. The molecule has 0 aromatic carbocycles. The van der Waals surface area contributed by atoms with E-state index in [1.807, 2.05) is 27.7 Å². The Morgan fingerprint density at radius 3 is 2.17 bits per heavy atom. The number of ether oxygens (including phenoxy) is 2. The van der Waals surface area contributed by atoms with E-state index in [2.05, 4.69) is 0 Å². The summed E-state index contributed by atoms with van der Waals surface area (Å²) in [5.41, 5.74) is -3.63. The molecular formula is C33H46O9. The molecule has 0 aromatic rings. The maximum absolute atomic E-state index is 14.7. The summed E-state index contributed by atoms with van der Waals surface area (Å²) in [6.45, 7) is 13.9. The first-order valence-corrected chi connectivity index (χ1v) is 15.1. The molecule has 0 bridgehead atoms. The van der Waals surface area contributed by atoms with Gasteiger partial charge >= 0.3 is 11.9 Å². The predicted octanol–water partition coefficient (Wildman–Crippen LogP) is 3.97. The van der Waals surface area contributed by atoms with Gasteiger partial charge in [-0.1, -0.05) is 41.5 Å².